The number of aromatic nitrogens is 1. The van der Waals surface area contributed by atoms with Gasteiger partial charge in [-0.15, -0.1) is 0 Å². The van der Waals surface area contributed by atoms with Gasteiger partial charge in [-0.3, -0.25) is 0 Å². The van der Waals surface area contributed by atoms with Gasteiger partial charge in [0.2, 0.25) is 0 Å². The molecule has 2 nitrogen and oxygen atoms in total. The summed E-state index contributed by atoms with van der Waals surface area (Å²) in [7, 11) is 0. The third-order valence-corrected chi connectivity index (χ3v) is 4.53. The lowest BCUT2D eigenvalue weighted by Crippen LogP contribution is -2.31. The van der Waals surface area contributed by atoms with E-state index >= 15 is 0 Å². The highest BCUT2D eigenvalue weighted by Gasteiger charge is 2.28. The Morgan fingerprint density at radius 1 is 1.14 bits per heavy atom. The van der Waals surface area contributed by atoms with Gasteiger partial charge in [-0.1, -0.05) is 17.7 Å². The molecular weight excluding hydrogens is 306 g/mol. The quantitative estimate of drug-likeness (QED) is 0.686. The number of aromatic amines is 1. The summed E-state index contributed by atoms with van der Waals surface area (Å²) < 4.78 is 27.8. The second kappa shape index (κ2) is 5.07. The van der Waals surface area contributed by atoms with E-state index in [1.54, 1.807) is 18.2 Å². The normalized spacial score (nSPS) is 17.7. The Labute approximate surface area is 131 Å². The zero-order chi connectivity index (χ0) is 15.3. The molecule has 0 saturated carbocycles. The molecule has 1 unspecified atom stereocenters. The molecule has 4 rings (SSSR count). The Kier molecular flexibility index (Phi) is 3.17. The fraction of sp³-hybridized carbons (Fsp3) is 0.176. The van der Waals surface area contributed by atoms with E-state index in [1.807, 2.05) is 0 Å². The molecule has 0 fully saturated rings. The van der Waals surface area contributed by atoms with Gasteiger partial charge in [0.15, 0.2) is 0 Å². The first-order chi connectivity index (χ1) is 10.6. The lowest BCUT2D eigenvalue weighted by molar-refractivity contribution is 0.523. The van der Waals surface area contributed by atoms with Gasteiger partial charge in [0.05, 0.1) is 6.04 Å². The maximum absolute atomic E-state index is 14.3. The van der Waals surface area contributed by atoms with Crippen LogP contribution in [-0.2, 0) is 6.42 Å². The average Bonchev–Trinajstić information content (AvgIpc) is 2.86. The Morgan fingerprint density at radius 3 is 2.82 bits per heavy atom. The van der Waals surface area contributed by atoms with Gasteiger partial charge in [-0.25, -0.2) is 8.78 Å². The molecule has 112 valence electrons. The van der Waals surface area contributed by atoms with Crippen LogP contribution in [0, 0.1) is 11.6 Å². The maximum Gasteiger partial charge on any atom is 0.129 e. The molecule has 2 aromatic carbocycles. The molecule has 0 saturated heterocycles. The van der Waals surface area contributed by atoms with Crippen LogP contribution in [0.1, 0.15) is 22.9 Å². The monoisotopic (exact) mass is 318 g/mol. The number of rotatable bonds is 1. The summed E-state index contributed by atoms with van der Waals surface area (Å²) in [6.45, 7) is 0.686. The third-order valence-electron chi connectivity index (χ3n) is 4.20. The number of benzene rings is 2. The molecule has 2 N–H and O–H groups in total. The molecule has 1 aliphatic heterocycles. The van der Waals surface area contributed by atoms with Crippen molar-refractivity contribution in [2.24, 2.45) is 0 Å². The topological polar surface area (TPSA) is 27.8 Å². The van der Waals surface area contributed by atoms with Crippen LogP contribution in [0.2, 0.25) is 5.02 Å². The fourth-order valence-electron chi connectivity index (χ4n) is 3.23. The van der Waals surface area contributed by atoms with Crippen molar-refractivity contribution < 1.29 is 8.78 Å². The van der Waals surface area contributed by atoms with Gasteiger partial charge in [-0.2, -0.15) is 0 Å². The van der Waals surface area contributed by atoms with Gasteiger partial charge >= 0.3 is 0 Å². The van der Waals surface area contributed by atoms with Gasteiger partial charge in [0.1, 0.15) is 11.6 Å². The molecule has 1 aliphatic rings. The summed E-state index contributed by atoms with van der Waals surface area (Å²) >= 11 is 6.20. The van der Waals surface area contributed by atoms with E-state index in [2.05, 4.69) is 10.3 Å². The Balaban J connectivity index is 1.95. The van der Waals surface area contributed by atoms with Gasteiger partial charge in [0.25, 0.3) is 0 Å². The first-order valence-corrected chi connectivity index (χ1v) is 7.50. The number of hydrogen-bond donors (Lipinski definition) is 2. The Bertz CT molecular complexity index is 852. The van der Waals surface area contributed by atoms with E-state index in [1.165, 1.54) is 18.2 Å². The molecule has 0 amide bonds. The summed E-state index contributed by atoms with van der Waals surface area (Å²) in [5.74, 6) is -0.615. The van der Waals surface area contributed by atoms with Crippen LogP contribution in [0.15, 0.2) is 36.4 Å². The number of H-pyrrole nitrogens is 1. The Hall–Kier alpha value is -1.91. The lowest BCUT2D eigenvalue weighted by Gasteiger charge is -2.25. The average molecular weight is 319 g/mol. The Morgan fingerprint density at radius 2 is 2.00 bits per heavy atom. The van der Waals surface area contributed by atoms with E-state index < -0.39 is 0 Å². The van der Waals surface area contributed by atoms with Crippen LogP contribution in [0.5, 0.6) is 0 Å². The highest BCUT2D eigenvalue weighted by Crippen LogP contribution is 2.37. The summed E-state index contributed by atoms with van der Waals surface area (Å²) in [6.07, 6.45) is 0.765. The lowest BCUT2D eigenvalue weighted by atomic mass is 9.94. The predicted molar refractivity (Wildman–Crippen MR) is 83.2 cm³/mol. The smallest absolute Gasteiger partial charge is 0.129 e. The number of nitrogens with one attached hydrogen (secondary N) is 2. The van der Waals surface area contributed by atoms with Crippen LogP contribution in [-0.4, -0.2) is 11.5 Å². The number of fused-ring (bicyclic) bond motifs is 3. The first kappa shape index (κ1) is 13.7. The van der Waals surface area contributed by atoms with Gasteiger partial charge in [-0.05, 0) is 42.3 Å². The van der Waals surface area contributed by atoms with Crippen molar-refractivity contribution in [1.29, 1.82) is 0 Å². The number of halogens is 3. The molecule has 0 spiro atoms. The second-order valence-corrected chi connectivity index (χ2v) is 5.89. The van der Waals surface area contributed by atoms with Crippen LogP contribution in [0.3, 0.4) is 0 Å². The molecule has 5 heteroatoms. The molecule has 0 bridgehead atoms. The van der Waals surface area contributed by atoms with Crippen molar-refractivity contribution in [2.75, 3.05) is 6.54 Å². The van der Waals surface area contributed by atoms with E-state index in [0.29, 0.717) is 17.1 Å². The minimum absolute atomic E-state index is 0.270. The summed E-state index contributed by atoms with van der Waals surface area (Å²) in [5, 5.41) is 4.54. The highest BCUT2D eigenvalue weighted by atomic mass is 35.5. The van der Waals surface area contributed by atoms with E-state index in [9.17, 15) is 8.78 Å². The largest absolute Gasteiger partial charge is 0.357 e. The van der Waals surface area contributed by atoms with Crippen molar-refractivity contribution >= 4 is 22.5 Å². The summed E-state index contributed by atoms with van der Waals surface area (Å²) in [6, 6.07) is 8.97. The first-order valence-electron chi connectivity index (χ1n) is 7.12. The third kappa shape index (κ3) is 2.02. The van der Waals surface area contributed by atoms with Crippen molar-refractivity contribution in [2.45, 2.75) is 12.5 Å². The molecule has 1 atom stereocenters. The van der Waals surface area contributed by atoms with Gasteiger partial charge in [0, 0.05) is 33.7 Å². The van der Waals surface area contributed by atoms with Crippen molar-refractivity contribution in [3.63, 3.8) is 0 Å². The zero-order valence-corrected chi connectivity index (χ0v) is 12.3. The standard InChI is InChI=1S/C17H13ClF2N2/c18-12-2-1-3-13(20)15(12)17-16-10(6-7-21-17)11-8-9(19)4-5-14(11)22-16/h1-5,8,17,21-22H,6-7H2. The SMILES string of the molecule is Fc1ccc2[nH]c3c(c2c1)CCNC3c1c(F)cccc1Cl. The molecule has 0 radical (unpaired) electrons. The molecular formula is C17H13ClF2N2. The van der Waals surface area contributed by atoms with E-state index in [0.717, 1.165) is 28.6 Å². The molecule has 22 heavy (non-hydrogen) atoms. The molecule has 0 aliphatic carbocycles. The summed E-state index contributed by atoms with van der Waals surface area (Å²) in [4.78, 5) is 3.29. The van der Waals surface area contributed by atoms with Crippen LogP contribution >= 0.6 is 11.6 Å². The zero-order valence-electron chi connectivity index (χ0n) is 11.6. The van der Waals surface area contributed by atoms with E-state index in [4.69, 9.17) is 11.6 Å². The van der Waals surface area contributed by atoms with Crippen molar-refractivity contribution in [3.8, 4) is 0 Å². The molecule has 1 aromatic heterocycles. The maximum atomic E-state index is 14.3. The summed E-state index contributed by atoms with van der Waals surface area (Å²) in [5.41, 5.74) is 3.17. The van der Waals surface area contributed by atoms with E-state index in [-0.39, 0.29) is 17.7 Å². The van der Waals surface area contributed by atoms with Crippen LogP contribution in [0.25, 0.3) is 10.9 Å². The fourth-order valence-corrected chi connectivity index (χ4v) is 3.51. The van der Waals surface area contributed by atoms with Crippen LogP contribution < -0.4 is 5.32 Å². The molecule has 2 heterocycles. The van der Waals surface area contributed by atoms with Crippen LogP contribution in [0.4, 0.5) is 8.78 Å². The van der Waals surface area contributed by atoms with Crippen molar-refractivity contribution in [1.82, 2.24) is 10.3 Å². The second-order valence-electron chi connectivity index (χ2n) is 5.48. The van der Waals surface area contributed by atoms with Crippen molar-refractivity contribution in [3.05, 3.63) is 69.9 Å². The molecule has 3 aromatic rings. The predicted octanol–water partition coefficient (Wildman–Crippen LogP) is 4.33. The minimum Gasteiger partial charge on any atom is -0.357 e. The minimum atomic E-state index is -0.354. The van der Waals surface area contributed by atoms with Gasteiger partial charge < -0.3 is 10.3 Å². The number of hydrogen-bond acceptors (Lipinski definition) is 1. The highest BCUT2D eigenvalue weighted by molar-refractivity contribution is 6.31.